The summed E-state index contributed by atoms with van der Waals surface area (Å²) in [6.07, 6.45) is 5.52. The fourth-order valence-corrected chi connectivity index (χ4v) is 3.01. The summed E-state index contributed by atoms with van der Waals surface area (Å²) >= 11 is 0. The van der Waals surface area contributed by atoms with Crippen LogP contribution in [0.3, 0.4) is 0 Å². The average Bonchev–Trinajstić information content (AvgIpc) is 2.97. The van der Waals surface area contributed by atoms with E-state index in [1.807, 2.05) is 4.68 Å². The SMILES string of the molecule is CCCn1ncnc1CC1(N)CCc2ccccc21. The lowest BCUT2D eigenvalue weighted by molar-refractivity contribution is 0.411. The lowest BCUT2D eigenvalue weighted by Gasteiger charge is -2.25. The lowest BCUT2D eigenvalue weighted by Crippen LogP contribution is -2.37. The highest BCUT2D eigenvalue weighted by atomic mass is 15.3. The van der Waals surface area contributed by atoms with Gasteiger partial charge in [0.05, 0.1) is 0 Å². The number of aromatic nitrogens is 3. The Hall–Kier alpha value is -1.68. The fourth-order valence-electron chi connectivity index (χ4n) is 3.01. The molecule has 0 aliphatic heterocycles. The first-order valence-electron chi connectivity index (χ1n) is 6.97. The van der Waals surface area contributed by atoms with Crippen LogP contribution in [0.25, 0.3) is 0 Å². The minimum absolute atomic E-state index is 0.283. The number of nitrogens with zero attached hydrogens (tertiary/aromatic N) is 3. The largest absolute Gasteiger partial charge is 0.321 e. The molecule has 1 aromatic carbocycles. The van der Waals surface area contributed by atoms with Gasteiger partial charge in [-0.05, 0) is 30.4 Å². The molecule has 0 amide bonds. The topological polar surface area (TPSA) is 56.7 Å². The molecule has 0 saturated heterocycles. The molecule has 0 spiro atoms. The summed E-state index contributed by atoms with van der Waals surface area (Å²) in [7, 11) is 0. The van der Waals surface area contributed by atoms with Crippen LogP contribution in [-0.4, -0.2) is 14.8 Å². The Bertz CT molecular complexity index is 575. The van der Waals surface area contributed by atoms with Gasteiger partial charge in [-0.25, -0.2) is 4.98 Å². The minimum atomic E-state index is -0.283. The van der Waals surface area contributed by atoms with Crippen molar-refractivity contribution in [2.24, 2.45) is 5.73 Å². The van der Waals surface area contributed by atoms with Crippen LogP contribution in [0, 0.1) is 0 Å². The van der Waals surface area contributed by atoms with Crippen LogP contribution in [0.5, 0.6) is 0 Å². The molecule has 19 heavy (non-hydrogen) atoms. The molecule has 0 radical (unpaired) electrons. The predicted molar refractivity (Wildman–Crippen MR) is 74.6 cm³/mol. The van der Waals surface area contributed by atoms with E-state index in [0.29, 0.717) is 0 Å². The van der Waals surface area contributed by atoms with Gasteiger partial charge in [-0.1, -0.05) is 31.2 Å². The number of benzene rings is 1. The molecule has 1 unspecified atom stereocenters. The van der Waals surface area contributed by atoms with Crippen LogP contribution in [-0.2, 0) is 24.9 Å². The van der Waals surface area contributed by atoms with E-state index in [-0.39, 0.29) is 5.54 Å². The molecule has 100 valence electrons. The number of hydrogen-bond donors (Lipinski definition) is 1. The van der Waals surface area contributed by atoms with Crippen molar-refractivity contribution < 1.29 is 0 Å². The zero-order valence-corrected chi connectivity index (χ0v) is 11.3. The summed E-state index contributed by atoms with van der Waals surface area (Å²) < 4.78 is 1.98. The van der Waals surface area contributed by atoms with E-state index in [0.717, 1.165) is 38.1 Å². The summed E-state index contributed by atoms with van der Waals surface area (Å²) in [5, 5.41) is 4.29. The lowest BCUT2D eigenvalue weighted by atomic mass is 9.89. The Labute approximate surface area is 113 Å². The highest BCUT2D eigenvalue weighted by Crippen LogP contribution is 2.36. The number of aryl methyl sites for hydroxylation is 2. The Morgan fingerprint density at radius 2 is 2.21 bits per heavy atom. The van der Waals surface area contributed by atoms with Gasteiger partial charge in [0, 0.05) is 18.5 Å². The molecular formula is C15H20N4. The second-order valence-electron chi connectivity index (χ2n) is 5.39. The molecule has 1 heterocycles. The second kappa shape index (κ2) is 4.78. The summed E-state index contributed by atoms with van der Waals surface area (Å²) in [6.45, 7) is 3.06. The van der Waals surface area contributed by atoms with Crippen molar-refractivity contribution in [3.05, 3.63) is 47.5 Å². The van der Waals surface area contributed by atoms with Crippen LogP contribution in [0.2, 0.25) is 0 Å². The first-order chi connectivity index (χ1) is 9.23. The summed E-state index contributed by atoms with van der Waals surface area (Å²) in [4.78, 5) is 4.39. The Kier molecular flexibility index (Phi) is 3.11. The van der Waals surface area contributed by atoms with E-state index in [1.54, 1.807) is 6.33 Å². The van der Waals surface area contributed by atoms with Crippen molar-refractivity contribution in [1.82, 2.24) is 14.8 Å². The van der Waals surface area contributed by atoms with Crippen molar-refractivity contribution in [1.29, 1.82) is 0 Å². The number of fused-ring (bicyclic) bond motifs is 1. The van der Waals surface area contributed by atoms with Gasteiger partial charge in [0.1, 0.15) is 12.2 Å². The molecule has 1 aliphatic carbocycles. The van der Waals surface area contributed by atoms with Gasteiger partial charge in [-0.2, -0.15) is 5.10 Å². The first kappa shape index (κ1) is 12.4. The maximum absolute atomic E-state index is 6.65. The normalized spacial score (nSPS) is 21.6. The van der Waals surface area contributed by atoms with Crippen LogP contribution in [0.4, 0.5) is 0 Å². The molecule has 2 N–H and O–H groups in total. The molecule has 4 nitrogen and oxygen atoms in total. The molecule has 0 saturated carbocycles. The van der Waals surface area contributed by atoms with Crippen LogP contribution >= 0.6 is 0 Å². The zero-order valence-electron chi connectivity index (χ0n) is 11.3. The van der Waals surface area contributed by atoms with Gasteiger partial charge in [-0.3, -0.25) is 4.68 Å². The third-order valence-corrected chi connectivity index (χ3v) is 4.00. The van der Waals surface area contributed by atoms with Gasteiger partial charge >= 0.3 is 0 Å². The number of rotatable bonds is 4. The zero-order chi connectivity index (χ0) is 13.3. The Morgan fingerprint density at radius 3 is 3.05 bits per heavy atom. The predicted octanol–water partition coefficient (Wildman–Crippen LogP) is 2.03. The van der Waals surface area contributed by atoms with E-state index < -0.39 is 0 Å². The van der Waals surface area contributed by atoms with Crippen molar-refractivity contribution in [2.75, 3.05) is 0 Å². The quantitative estimate of drug-likeness (QED) is 0.910. The van der Waals surface area contributed by atoms with E-state index >= 15 is 0 Å². The van der Waals surface area contributed by atoms with Crippen LogP contribution < -0.4 is 5.73 Å². The third kappa shape index (κ3) is 2.16. The van der Waals surface area contributed by atoms with E-state index in [1.165, 1.54) is 11.1 Å². The van der Waals surface area contributed by atoms with Crippen molar-refractivity contribution in [3.63, 3.8) is 0 Å². The maximum Gasteiger partial charge on any atom is 0.138 e. The van der Waals surface area contributed by atoms with Gasteiger partial charge in [0.25, 0.3) is 0 Å². The summed E-state index contributed by atoms with van der Waals surface area (Å²) in [6, 6.07) is 8.50. The molecule has 3 rings (SSSR count). The molecular weight excluding hydrogens is 236 g/mol. The van der Waals surface area contributed by atoms with Gasteiger partial charge < -0.3 is 5.73 Å². The van der Waals surface area contributed by atoms with Gasteiger partial charge in [-0.15, -0.1) is 0 Å². The molecule has 1 atom stereocenters. The maximum atomic E-state index is 6.65. The highest BCUT2D eigenvalue weighted by Gasteiger charge is 2.36. The Balaban J connectivity index is 1.89. The fraction of sp³-hybridized carbons (Fsp3) is 0.467. The molecule has 0 fully saturated rings. The number of nitrogens with two attached hydrogens (primary N) is 1. The molecule has 0 bridgehead atoms. The van der Waals surface area contributed by atoms with E-state index in [4.69, 9.17) is 5.73 Å². The van der Waals surface area contributed by atoms with Gasteiger partial charge in [0.2, 0.25) is 0 Å². The summed E-state index contributed by atoms with van der Waals surface area (Å²) in [5.74, 6) is 1.00. The highest BCUT2D eigenvalue weighted by molar-refractivity contribution is 5.39. The third-order valence-electron chi connectivity index (χ3n) is 4.00. The molecule has 2 aromatic rings. The standard InChI is InChI=1S/C15H20N4/c1-2-9-19-14(17-11-18-19)10-15(16)8-7-12-5-3-4-6-13(12)15/h3-6,11H,2,7-10,16H2,1H3. The van der Waals surface area contributed by atoms with Crippen LogP contribution in [0.15, 0.2) is 30.6 Å². The average molecular weight is 256 g/mol. The van der Waals surface area contributed by atoms with Crippen molar-refractivity contribution in [3.8, 4) is 0 Å². The molecule has 1 aromatic heterocycles. The summed E-state index contributed by atoms with van der Waals surface area (Å²) in [5.41, 5.74) is 9.02. The van der Waals surface area contributed by atoms with E-state index in [2.05, 4.69) is 41.3 Å². The monoisotopic (exact) mass is 256 g/mol. The molecule has 4 heteroatoms. The van der Waals surface area contributed by atoms with Crippen LogP contribution in [0.1, 0.15) is 36.7 Å². The Morgan fingerprint density at radius 1 is 1.37 bits per heavy atom. The number of hydrogen-bond acceptors (Lipinski definition) is 3. The smallest absolute Gasteiger partial charge is 0.138 e. The first-order valence-corrected chi connectivity index (χ1v) is 6.97. The van der Waals surface area contributed by atoms with Gasteiger partial charge in [0.15, 0.2) is 0 Å². The second-order valence-corrected chi connectivity index (χ2v) is 5.39. The minimum Gasteiger partial charge on any atom is -0.321 e. The molecule has 1 aliphatic rings. The van der Waals surface area contributed by atoms with Crippen molar-refractivity contribution in [2.45, 2.75) is 44.7 Å². The van der Waals surface area contributed by atoms with Crippen molar-refractivity contribution >= 4 is 0 Å². The van der Waals surface area contributed by atoms with E-state index in [9.17, 15) is 0 Å².